The number of aliphatic hydroxyl groups is 1. The van der Waals surface area contributed by atoms with Crippen molar-refractivity contribution in [2.24, 2.45) is 5.92 Å². The fourth-order valence-electron chi connectivity index (χ4n) is 5.06. The fraction of sp³-hybridized carbons (Fsp3) is 0.400. The first-order chi connectivity index (χ1) is 16.9. The number of rotatable bonds is 5. The number of fused-ring (bicyclic) bond motifs is 2. The molecule has 3 aromatic heterocycles. The Bertz CT molecular complexity index is 1350. The van der Waals surface area contributed by atoms with E-state index in [0.717, 1.165) is 57.6 Å². The van der Waals surface area contributed by atoms with E-state index in [2.05, 4.69) is 26.4 Å². The van der Waals surface area contributed by atoms with Crippen molar-refractivity contribution >= 4 is 33.7 Å². The molecular formula is C25H28ClN7OS. The molecule has 2 fully saturated rings. The van der Waals surface area contributed by atoms with E-state index in [1.807, 2.05) is 53.2 Å². The van der Waals surface area contributed by atoms with E-state index in [1.54, 1.807) is 13.8 Å². The van der Waals surface area contributed by atoms with Crippen LogP contribution in [0.15, 0.2) is 48.8 Å². The standard InChI is InChI=1S/C25H28ClN7OS/c1-25(2,34)15-7-5-14(6-8-15)20-13-33-11-3-4-16(22(33)28-20)23-31-32-24(35-23)29-19-10-9-18-17(21(19)26)12-27-30-18/h3-8,11,13,17-19,21,27,30,34H,9-10,12H2,1-2H3,(H,29,32). The van der Waals surface area contributed by atoms with Gasteiger partial charge in [0.1, 0.15) is 5.65 Å². The molecule has 4 unspecified atom stereocenters. The van der Waals surface area contributed by atoms with Gasteiger partial charge in [-0.05, 0) is 44.4 Å². The van der Waals surface area contributed by atoms with Crippen molar-refractivity contribution in [2.75, 3.05) is 11.9 Å². The van der Waals surface area contributed by atoms with E-state index in [-0.39, 0.29) is 11.4 Å². The Hall–Kier alpha value is -2.56. The van der Waals surface area contributed by atoms with Crippen LogP contribution in [0.1, 0.15) is 32.3 Å². The molecule has 1 saturated heterocycles. The van der Waals surface area contributed by atoms with Crippen molar-refractivity contribution in [3.8, 4) is 21.8 Å². The quantitative estimate of drug-likeness (QED) is 0.301. The van der Waals surface area contributed by atoms with Gasteiger partial charge in [0, 0.05) is 42.5 Å². The molecule has 4 atom stereocenters. The molecule has 182 valence electrons. The third-order valence-electron chi connectivity index (χ3n) is 7.06. The topological polar surface area (TPSA) is 99.4 Å². The largest absolute Gasteiger partial charge is 0.386 e. The summed E-state index contributed by atoms with van der Waals surface area (Å²) in [5.74, 6) is 0.407. The summed E-state index contributed by atoms with van der Waals surface area (Å²) in [5, 5.41) is 24.3. The monoisotopic (exact) mass is 509 g/mol. The van der Waals surface area contributed by atoms with Gasteiger partial charge in [-0.25, -0.2) is 4.98 Å². The summed E-state index contributed by atoms with van der Waals surface area (Å²) in [6.45, 7) is 4.46. The second-order valence-electron chi connectivity index (χ2n) is 9.90. The summed E-state index contributed by atoms with van der Waals surface area (Å²) < 4.78 is 2.01. The normalized spacial score (nSPS) is 24.6. The molecule has 8 nitrogen and oxygen atoms in total. The molecule has 35 heavy (non-hydrogen) atoms. The summed E-state index contributed by atoms with van der Waals surface area (Å²) in [7, 11) is 0. The molecule has 4 aromatic rings. The minimum absolute atomic E-state index is 0.0321. The number of alkyl halides is 1. The number of hydrogen-bond donors (Lipinski definition) is 4. The lowest BCUT2D eigenvalue weighted by atomic mass is 9.82. The Balaban J connectivity index is 1.25. The van der Waals surface area contributed by atoms with E-state index in [4.69, 9.17) is 16.6 Å². The van der Waals surface area contributed by atoms with Crippen LogP contribution in [0.5, 0.6) is 0 Å². The van der Waals surface area contributed by atoms with Crippen LogP contribution in [0.4, 0.5) is 5.13 Å². The van der Waals surface area contributed by atoms with Gasteiger partial charge >= 0.3 is 0 Å². The van der Waals surface area contributed by atoms with Crippen LogP contribution in [-0.4, -0.2) is 48.7 Å². The Labute approximate surface area is 212 Å². The molecule has 10 heteroatoms. The van der Waals surface area contributed by atoms with E-state index in [9.17, 15) is 5.11 Å². The van der Waals surface area contributed by atoms with E-state index < -0.39 is 5.60 Å². The highest BCUT2D eigenvalue weighted by Gasteiger charge is 2.41. The fourth-order valence-corrected chi connectivity index (χ4v) is 6.34. The van der Waals surface area contributed by atoms with Gasteiger partial charge in [0.05, 0.1) is 22.2 Å². The molecule has 0 spiro atoms. The Morgan fingerprint density at radius 3 is 2.80 bits per heavy atom. The van der Waals surface area contributed by atoms with Crippen LogP contribution in [0.25, 0.3) is 27.5 Å². The lowest BCUT2D eigenvalue weighted by Crippen LogP contribution is -2.47. The summed E-state index contributed by atoms with van der Waals surface area (Å²) in [6.07, 6.45) is 6.07. The van der Waals surface area contributed by atoms with E-state index in [0.29, 0.717) is 12.0 Å². The maximum atomic E-state index is 10.2. The van der Waals surface area contributed by atoms with Crippen molar-refractivity contribution in [2.45, 2.75) is 49.8 Å². The highest BCUT2D eigenvalue weighted by Crippen LogP contribution is 2.35. The average Bonchev–Trinajstić information content (AvgIpc) is 3.60. The molecule has 1 aromatic carbocycles. The SMILES string of the molecule is CC(C)(O)c1ccc(-c2cn3cccc(-c4nnc(NC5CCC6NNCC6C5Cl)s4)c3n2)cc1. The van der Waals surface area contributed by atoms with Crippen LogP contribution in [0, 0.1) is 5.92 Å². The van der Waals surface area contributed by atoms with Crippen molar-refractivity contribution in [1.29, 1.82) is 0 Å². The summed E-state index contributed by atoms with van der Waals surface area (Å²) in [4.78, 5) is 4.91. The minimum Gasteiger partial charge on any atom is -0.386 e. The molecule has 4 N–H and O–H groups in total. The summed E-state index contributed by atoms with van der Waals surface area (Å²) >= 11 is 8.34. The average molecular weight is 510 g/mol. The number of nitrogens with zero attached hydrogens (tertiary/aromatic N) is 4. The number of aromatic nitrogens is 4. The van der Waals surface area contributed by atoms with Crippen LogP contribution < -0.4 is 16.2 Å². The number of nitrogens with one attached hydrogen (secondary N) is 3. The molecule has 0 amide bonds. The Morgan fingerprint density at radius 2 is 2.00 bits per heavy atom. The Morgan fingerprint density at radius 1 is 1.17 bits per heavy atom. The molecule has 0 radical (unpaired) electrons. The molecule has 0 bridgehead atoms. The summed E-state index contributed by atoms with van der Waals surface area (Å²) in [5.41, 5.74) is 10.2. The van der Waals surface area contributed by atoms with Crippen LogP contribution in [0.3, 0.4) is 0 Å². The minimum atomic E-state index is -0.873. The lowest BCUT2D eigenvalue weighted by Gasteiger charge is -2.35. The maximum absolute atomic E-state index is 10.2. The van der Waals surface area contributed by atoms with E-state index in [1.165, 1.54) is 11.3 Å². The predicted molar refractivity (Wildman–Crippen MR) is 139 cm³/mol. The zero-order chi connectivity index (χ0) is 24.2. The number of hydrazine groups is 1. The molecule has 1 aliphatic carbocycles. The highest BCUT2D eigenvalue weighted by molar-refractivity contribution is 7.18. The highest BCUT2D eigenvalue weighted by atomic mass is 35.5. The predicted octanol–water partition coefficient (Wildman–Crippen LogP) is 4.02. The number of pyridine rings is 1. The molecule has 6 rings (SSSR count). The van der Waals surface area contributed by atoms with Gasteiger partial charge in [-0.1, -0.05) is 35.6 Å². The van der Waals surface area contributed by atoms with Gasteiger partial charge in [-0.3, -0.25) is 10.9 Å². The van der Waals surface area contributed by atoms with Crippen LogP contribution in [-0.2, 0) is 5.60 Å². The summed E-state index contributed by atoms with van der Waals surface area (Å²) in [6, 6.07) is 12.5. The van der Waals surface area contributed by atoms with Gasteiger partial charge in [0.15, 0.2) is 5.01 Å². The number of benzene rings is 1. The second-order valence-corrected chi connectivity index (χ2v) is 11.4. The smallest absolute Gasteiger partial charge is 0.206 e. The van der Waals surface area contributed by atoms with Crippen molar-refractivity contribution < 1.29 is 5.11 Å². The van der Waals surface area contributed by atoms with Crippen molar-refractivity contribution in [3.05, 3.63) is 54.4 Å². The van der Waals surface area contributed by atoms with Gasteiger partial charge in [0.25, 0.3) is 0 Å². The van der Waals surface area contributed by atoms with Crippen molar-refractivity contribution in [3.63, 3.8) is 0 Å². The lowest BCUT2D eigenvalue weighted by molar-refractivity contribution is 0.0786. The maximum Gasteiger partial charge on any atom is 0.206 e. The number of imidazole rings is 1. The van der Waals surface area contributed by atoms with Gasteiger partial charge in [0.2, 0.25) is 5.13 Å². The number of halogens is 1. The molecule has 1 aliphatic heterocycles. The first kappa shape index (κ1) is 22.9. The van der Waals surface area contributed by atoms with Gasteiger partial charge < -0.3 is 14.8 Å². The number of anilines is 1. The van der Waals surface area contributed by atoms with Gasteiger partial charge in [-0.15, -0.1) is 21.8 Å². The third kappa shape index (κ3) is 4.32. The number of hydrogen-bond acceptors (Lipinski definition) is 8. The molecular weight excluding hydrogens is 482 g/mol. The Kier molecular flexibility index (Phi) is 5.77. The zero-order valence-electron chi connectivity index (χ0n) is 19.6. The molecule has 4 heterocycles. The van der Waals surface area contributed by atoms with E-state index >= 15 is 0 Å². The first-order valence-electron chi connectivity index (χ1n) is 11.9. The first-order valence-corrected chi connectivity index (χ1v) is 13.2. The van der Waals surface area contributed by atoms with Crippen molar-refractivity contribution in [1.82, 2.24) is 30.4 Å². The molecule has 2 aliphatic rings. The third-order valence-corrected chi connectivity index (χ3v) is 8.57. The van der Waals surface area contributed by atoms with Crippen LogP contribution in [0.2, 0.25) is 0 Å². The second kappa shape index (κ2) is 8.83. The van der Waals surface area contributed by atoms with Crippen LogP contribution >= 0.6 is 22.9 Å². The molecule has 1 saturated carbocycles. The zero-order valence-corrected chi connectivity index (χ0v) is 21.1. The van der Waals surface area contributed by atoms with Gasteiger partial charge in [-0.2, -0.15) is 0 Å².